The van der Waals surface area contributed by atoms with E-state index in [0.717, 1.165) is 11.6 Å². The van der Waals surface area contributed by atoms with Crippen LogP contribution in [0.3, 0.4) is 0 Å². The Morgan fingerprint density at radius 2 is 1.11 bits per heavy atom. The molecule has 38 heavy (non-hydrogen) atoms. The lowest BCUT2D eigenvalue weighted by Gasteiger charge is -2.40. The van der Waals surface area contributed by atoms with Crippen molar-refractivity contribution in [2.75, 3.05) is 0 Å². The van der Waals surface area contributed by atoms with E-state index in [1.807, 2.05) is 13.8 Å². The second-order valence-electron chi connectivity index (χ2n) is 9.11. The zero-order chi connectivity index (χ0) is 29.5. The number of aryl methyl sites for hydroxylation is 2. The molecular weight excluding hydrogens is 534 g/mol. The first-order valence-corrected chi connectivity index (χ1v) is 11.3. The van der Waals surface area contributed by atoms with Gasteiger partial charge in [-0.25, -0.2) is 0 Å². The minimum Gasteiger partial charge on any atom is -0.508 e. The van der Waals surface area contributed by atoms with Crippen molar-refractivity contribution in [1.29, 1.82) is 0 Å². The summed E-state index contributed by atoms with van der Waals surface area (Å²) in [6.45, 7) is 6.77. The lowest BCUT2D eigenvalue weighted by molar-refractivity contribution is -0.409. The van der Waals surface area contributed by atoms with E-state index in [1.54, 1.807) is 19.1 Å². The highest BCUT2D eigenvalue weighted by Gasteiger charge is 2.83. The van der Waals surface area contributed by atoms with E-state index >= 15 is 0 Å². The highest BCUT2D eigenvalue weighted by atomic mass is 19.4. The smallest absolute Gasteiger partial charge is 0.457 e. The number of phenols is 1. The Bertz CT molecular complexity index is 1150. The fraction of sp³-hybridized carbons (Fsp3) is 0.462. The average molecular weight is 560 g/mol. The molecule has 0 unspecified atom stereocenters. The Kier molecular flexibility index (Phi) is 8.35. The fourth-order valence-electron chi connectivity index (χ4n) is 4.40. The van der Waals surface area contributed by atoms with Crippen molar-refractivity contribution < 1.29 is 54.1 Å². The average Bonchev–Trinajstić information content (AvgIpc) is 2.80. The monoisotopic (exact) mass is 560 g/mol. The van der Waals surface area contributed by atoms with Crippen LogP contribution in [0.4, 0.5) is 43.9 Å². The predicted molar refractivity (Wildman–Crippen MR) is 121 cm³/mol. The molecule has 0 aromatic heterocycles. The van der Waals surface area contributed by atoms with Gasteiger partial charge in [-0.15, -0.1) is 0 Å². The second-order valence-corrected chi connectivity index (χ2v) is 9.11. The van der Waals surface area contributed by atoms with Gasteiger partial charge in [0.2, 0.25) is 5.60 Å². The highest BCUT2D eigenvalue weighted by molar-refractivity contribution is 5.58. The van der Waals surface area contributed by atoms with Crippen LogP contribution in [0.5, 0.6) is 5.75 Å². The van der Waals surface area contributed by atoms with Crippen LogP contribution in [0.1, 0.15) is 54.5 Å². The van der Waals surface area contributed by atoms with E-state index in [1.165, 1.54) is 25.1 Å². The van der Waals surface area contributed by atoms with Crippen molar-refractivity contribution >= 4 is 6.08 Å². The van der Waals surface area contributed by atoms with Gasteiger partial charge in [0.05, 0.1) is 0 Å². The maximum atomic E-state index is 13.9. The maximum Gasteiger partial charge on any atom is 0.457 e. The number of benzene rings is 2. The number of aliphatic hydroxyl groups is 1. The van der Waals surface area contributed by atoms with E-state index in [2.05, 4.69) is 0 Å². The molecule has 0 fully saturated rings. The van der Waals surface area contributed by atoms with Crippen LogP contribution in [0.15, 0.2) is 42.5 Å². The molecule has 2 aromatic carbocycles. The van der Waals surface area contributed by atoms with Crippen LogP contribution in [0.2, 0.25) is 0 Å². The van der Waals surface area contributed by atoms with Crippen LogP contribution in [-0.4, -0.2) is 40.0 Å². The molecule has 2 aromatic rings. The van der Waals surface area contributed by atoms with E-state index < -0.39 is 41.3 Å². The normalized spacial score (nSPS) is 14.4. The Morgan fingerprint density at radius 3 is 1.47 bits per heavy atom. The van der Waals surface area contributed by atoms with Crippen molar-refractivity contribution in [3.05, 3.63) is 70.3 Å². The van der Waals surface area contributed by atoms with Crippen LogP contribution in [-0.2, 0) is 5.41 Å². The maximum absolute atomic E-state index is 13.9. The Hall–Kier alpha value is -2.76. The van der Waals surface area contributed by atoms with Crippen LogP contribution >= 0.6 is 0 Å². The molecule has 0 radical (unpaired) electrons. The number of hydrogen-bond acceptors (Lipinski definition) is 2. The lowest BCUT2D eigenvalue weighted by Crippen LogP contribution is -2.69. The topological polar surface area (TPSA) is 40.5 Å². The van der Waals surface area contributed by atoms with E-state index in [9.17, 15) is 54.1 Å². The quantitative estimate of drug-likeness (QED) is 0.319. The molecule has 0 aliphatic carbocycles. The molecule has 0 saturated carbocycles. The third-order valence-electron chi connectivity index (χ3n) is 6.95. The van der Waals surface area contributed by atoms with Crippen molar-refractivity contribution in [2.24, 2.45) is 0 Å². The molecule has 212 valence electrons. The summed E-state index contributed by atoms with van der Waals surface area (Å²) >= 11 is 0. The van der Waals surface area contributed by atoms with E-state index in [4.69, 9.17) is 0 Å². The minimum absolute atomic E-state index is 0.0605. The van der Waals surface area contributed by atoms with Crippen LogP contribution in [0, 0.1) is 13.8 Å². The van der Waals surface area contributed by atoms with Crippen molar-refractivity contribution in [1.82, 2.24) is 0 Å². The minimum atomic E-state index is -6.93. The van der Waals surface area contributed by atoms with Gasteiger partial charge >= 0.3 is 24.2 Å². The molecule has 0 aliphatic rings. The molecule has 0 bridgehead atoms. The molecule has 0 amide bonds. The molecule has 12 heteroatoms. The van der Waals surface area contributed by atoms with Gasteiger partial charge in [-0.3, -0.25) is 0 Å². The molecule has 2 nitrogen and oxygen atoms in total. The van der Waals surface area contributed by atoms with Gasteiger partial charge in [0.1, 0.15) is 5.75 Å². The van der Waals surface area contributed by atoms with Gasteiger partial charge in [-0.2, -0.15) is 43.9 Å². The van der Waals surface area contributed by atoms with Crippen molar-refractivity contribution in [3.8, 4) is 5.75 Å². The molecule has 0 aliphatic heterocycles. The van der Waals surface area contributed by atoms with E-state index in [-0.39, 0.29) is 23.0 Å². The zero-order valence-electron chi connectivity index (χ0n) is 20.7. The number of hydrogen-bond donors (Lipinski definition) is 2. The van der Waals surface area contributed by atoms with Gasteiger partial charge in [-0.05, 0) is 66.6 Å². The number of alkyl halides is 10. The summed E-state index contributed by atoms with van der Waals surface area (Å²) in [7, 11) is 0. The molecule has 0 atom stereocenters. The summed E-state index contributed by atoms with van der Waals surface area (Å²) in [6.07, 6.45) is -13.5. The zero-order valence-corrected chi connectivity index (χ0v) is 20.7. The number of aromatic hydroxyl groups is 1. The molecular formula is C26H26F10O2. The van der Waals surface area contributed by atoms with Gasteiger partial charge in [0, 0.05) is 5.41 Å². The molecule has 0 spiro atoms. The van der Waals surface area contributed by atoms with Crippen LogP contribution < -0.4 is 0 Å². The van der Waals surface area contributed by atoms with Gasteiger partial charge in [0.15, 0.2) is 0 Å². The largest absolute Gasteiger partial charge is 0.508 e. The summed E-state index contributed by atoms with van der Waals surface area (Å²) in [5, 5.41) is 19.6. The molecule has 2 N–H and O–H groups in total. The molecule has 0 saturated heterocycles. The van der Waals surface area contributed by atoms with Crippen molar-refractivity contribution in [2.45, 2.75) is 75.8 Å². The Labute approximate surface area is 212 Å². The first kappa shape index (κ1) is 31.5. The highest BCUT2D eigenvalue weighted by Crippen LogP contribution is 2.55. The summed E-state index contributed by atoms with van der Waals surface area (Å²) in [4.78, 5) is 0. The first-order chi connectivity index (χ1) is 17.1. The number of halogens is 10. The van der Waals surface area contributed by atoms with Gasteiger partial charge < -0.3 is 10.2 Å². The van der Waals surface area contributed by atoms with Crippen LogP contribution in [0.25, 0.3) is 6.08 Å². The van der Waals surface area contributed by atoms with E-state index in [0.29, 0.717) is 24.0 Å². The third-order valence-corrected chi connectivity index (χ3v) is 6.95. The number of phenolic OH excluding ortho intramolecular Hbond substituents is 1. The Balaban J connectivity index is 2.67. The summed E-state index contributed by atoms with van der Waals surface area (Å²) in [5.41, 5.74) is -4.73. The third kappa shape index (κ3) is 4.99. The predicted octanol–water partition coefficient (Wildman–Crippen LogP) is 8.25. The summed E-state index contributed by atoms with van der Waals surface area (Å²) in [6, 6.07) is 9.03. The standard InChI is InChI=1S/C26H26F10O2/c1-5-21(6-2,19-9-10-20(37)16(4)14-19)18-8-7-17(15(3)13-18)11-12-22(38,23(27,28)25(31,32)33)24(29,30)26(34,35)36/h7-14,37-38H,5-6H2,1-4H3/b12-11+. The molecule has 0 heterocycles. The number of rotatable bonds is 8. The molecule has 2 rings (SSSR count). The SMILES string of the molecule is CCC(CC)(c1ccc(O)c(C)c1)c1ccc(/C=C/C(O)(C(F)(F)C(F)(F)F)C(F)(F)C(F)(F)F)c(C)c1. The fourth-order valence-corrected chi connectivity index (χ4v) is 4.40. The summed E-state index contributed by atoms with van der Waals surface area (Å²) in [5.74, 6) is -13.7. The second kappa shape index (κ2) is 10.1. The first-order valence-electron chi connectivity index (χ1n) is 11.3. The summed E-state index contributed by atoms with van der Waals surface area (Å²) < 4.78 is 133. The lowest BCUT2D eigenvalue weighted by atomic mass is 9.70. The Morgan fingerprint density at radius 1 is 0.684 bits per heavy atom. The van der Waals surface area contributed by atoms with Crippen molar-refractivity contribution in [3.63, 3.8) is 0 Å². The van der Waals surface area contributed by atoms with Gasteiger partial charge in [0.25, 0.3) is 0 Å². The van der Waals surface area contributed by atoms with Gasteiger partial charge in [-0.1, -0.05) is 50.3 Å².